The normalized spacial score (nSPS) is 10.8. The molecule has 0 heterocycles. The second-order valence-corrected chi connectivity index (χ2v) is 5.81. The minimum absolute atomic E-state index is 0.0781. The summed E-state index contributed by atoms with van der Waals surface area (Å²) in [5.41, 5.74) is 1.22. The van der Waals surface area contributed by atoms with Crippen LogP contribution in [-0.4, -0.2) is 17.4 Å². The zero-order valence-electron chi connectivity index (χ0n) is 13.3. The fourth-order valence-electron chi connectivity index (χ4n) is 2.34. The molecule has 0 N–H and O–H groups in total. The van der Waals surface area contributed by atoms with Crippen LogP contribution in [0, 0.1) is 5.92 Å². The van der Waals surface area contributed by atoms with Crippen LogP contribution in [0.5, 0.6) is 0 Å². The van der Waals surface area contributed by atoms with Crippen molar-refractivity contribution in [3.8, 4) is 0 Å². The third-order valence-corrected chi connectivity index (χ3v) is 3.55. The van der Waals surface area contributed by atoms with Crippen molar-refractivity contribution in [2.24, 2.45) is 5.92 Å². The fourth-order valence-corrected chi connectivity index (χ4v) is 2.34. The zero-order valence-corrected chi connectivity index (χ0v) is 13.3. The van der Waals surface area contributed by atoms with E-state index in [2.05, 4.69) is 19.1 Å². The molecular weight excluding hydrogens is 246 g/mol. The topological polar surface area (TPSA) is 20.3 Å². The summed E-state index contributed by atoms with van der Waals surface area (Å²) in [6.45, 7) is 7.82. The van der Waals surface area contributed by atoms with Gasteiger partial charge in [-0.3, -0.25) is 4.79 Å². The van der Waals surface area contributed by atoms with E-state index in [1.165, 1.54) is 31.2 Å². The molecule has 0 atom stereocenters. The molecule has 0 saturated carbocycles. The molecule has 0 aromatic heterocycles. The Morgan fingerprint density at radius 2 is 1.70 bits per heavy atom. The Morgan fingerprint density at radius 3 is 2.30 bits per heavy atom. The van der Waals surface area contributed by atoms with Crippen molar-refractivity contribution in [1.29, 1.82) is 0 Å². The van der Waals surface area contributed by atoms with Gasteiger partial charge in [-0.1, -0.05) is 76.8 Å². The van der Waals surface area contributed by atoms with Gasteiger partial charge < -0.3 is 4.90 Å². The van der Waals surface area contributed by atoms with E-state index in [0.717, 1.165) is 19.5 Å². The number of amides is 1. The quantitative estimate of drug-likeness (QED) is 0.601. The van der Waals surface area contributed by atoms with Crippen LogP contribution in [0.3, 0.4) is 0 Å². The van der Waals surface area contributed by atoms with E-state index in [1.54, 1.807) is 0 Å². The summed E-state index contributed by atoms with van der Waals surface area (Å²) < 4.78 is 0. The first-order chi connectivity index (χ1) is 9.65. The summed E-state index contributed by atoms with van der Waals surface area (Å²) >= 11 is 0. The van der Waals surface area contributed by atoms with Crippen molar-refractivity contribution in [2.45, 2.75) is 59.4 Å². The number of hydrogen-bond acceptors (Lipinski definition) is 1. The minimum Gasteiger partial charge on any atom is -0.338 e. The Kier molecular flexibility index (Phi) is 8.01. The molecule has 0 aliphatic rings. The van der Waals surface area contributed by atoms with Gasteiger partial charge in [0, 0.05) is 19.0 Å². The molecule has 2 nitrogen and oxygen atoms in total. The first-order valence-corrected chi connectivity index (χ1v) is 7.97. The van der Waals surface area contributed by atoms with Crippen LogP contribution in [0.25, 0.3) is 0 Å². The summed E-state index contributed by atoms with van der Waals surface area (Å²) in [4.78, 5) is 14.3. The van der Waals surface area contributed by atoms with E-state index in [9.17, 15) is 4.79 Å². The SMILES string of the molecule is CCCCCCCN(Cc1ccccc1)C(=O)C(C)C. The molecular formula is C18H29NO. The third kappa shape index (κ3) is 6.23. The van der Waals surface area contributed by atoms with E-state index in [4.69, 9.17) is 0 Å². The Bertz CT molecular complexity index is 372. The van der Waals surface area contributed by atoms with Crippen molar-refractivity contribution in [2.75, 3.05) is 6.54 Å². The van der Waals surface area contributed by atoms with E-state index in [-0.39, 0.29) is 11.8 Å². The maximum absolute atomic E-state index is 12.3. The van der Waals surface area contributed by atoms with Gasteiger partial charge in [-0.25, -0.2) is 0 Å². The molecule has 0 unspecified atom stereocenters. The molecule has 0 radical (unpaired) electrons. The highest BCUT2D eigenvalue weighted by molar-refractivity contribution is 5.78. The molecule has 0 spiro atoms. The van der Waals surface area contributed by atoms with E-state index in [0.29, 0.717) is 0 Å². The summed E-state index contributed by atoms with van der Waals surface area (Å²) in [7, 11) is 0. The first-order valence-electron chi connectivity index (χ1n) is 7.97. The van der Waals surface area contributed by atoms with Gasteiger partial charge in [0.05, 0.1) is 0 Å². The Balaban J connectivity index is 2.50. The van der Waals surface area contributed by atoms with Crippen molar-refractivity contribution < 1.29 is 4.79 Å². The summed E-state index contributed by atoms with van der Waals surface area (Å²) in [5, 5.41) is 0. The average molecular weight is 275 g/mol. The minimum atomic E-state index is 0.0781. The molecule has 1 aromatic rings. The number of hydrogen-bond donors (Lipinski definition) is 0. The smallest absolute Gasteiger partial charge is 0.225 e. The van der Waals surface area contributed by atoms with Gasteiger partial charge in [0.15, 0.2) is 0 Å². The highest BCUT2D eigenvalue weighted by Crippen LogP contribution is 2.11. The predicted octanol–water partition coefficient (Wildman–Crippen LogP) is 4.64. The maximum Gasteiger partial charge on any atom is 0.225 e. The highest BCUT2D eigenvalue weighted by atomic mass is 16.2. The van der Waals surface area contributed by atoms with Crippen LogP contribution in [0.1, 0.15) is 58.4 Å². The monoisotopic (exact) mass is 275 g/mol. The van der Waals surface area contributed by atoms with Gasteiger partial charge >= 0.3 is 0 Å². The lowest BCUT2D eigenvalue weighted by molar-refractivity contribution is -0.135. The summed E-state index contributed by atoms with van der Waals surface area (Å²) in [5.74, 6) is 0.346. The molecule has 0 aliphatic carbocycles. The number of carbonyl (C=O) groups is 1. The lowest BCUT2D eigenvalue weighted by Gasteiger charge is -2.25. The molecule has 0 fully saturated rings. The van der Waals surface area contributed by atoms with Gasteiger partial charge in [0.2, 0.25) is 5.91 Å². The van der Waals surface area contributed by atoms with Crippen molar-refractivity contribution in [3.05, 3.63) is 35.9 Å². The first kappa shape index (κ1) is 16.7. The molecule has 112 valence electrons. The Morgan fingerprint density at radius 1 is 1.05 bits per heavy atom. The number of nitrogens with zero attached hydrogens (tertiary/aromatic N) is 1. The van der Waals surface area contributed by atoms with E-state index in [1.807, 2.05) is 36.9 Å². The van der Waals surface area contributed by atoms with E-state index < -0.39 is 0 Å². The molecule has 0 saturated heterocycles. The van der Waals surface area contributed by atoms with E-state index >= 15 is 0 Å². The lowest BCUT2D eigenvalue weighted by Crippen LogP contribution is -2.34. The Labute approximate surface area is 124 Å². The summed E-state index contributed by atoms with van der Waals surface area (Å²) in [6.07, 6.45) is 6.19. The van der Waals surface area contributed by atoms with Crippen LogP contribution in [0.15, 0.2) is 30.3 Å². The maximum atomic E-state index is 12.3. The van der Waals surface area contributed by atoms with Crippen LogP contribution in [-0.2, 0) is 11.3 Å². The number of rotatable bonds is 9. The Hall–Kier alpha value is -1.31. The third-order valence-electron chi connectivity index (χ3n) is 3.55. The van der Waals surface area contributed by atoms with Gasteiger partial charge in [-0.2, -0.15) is 0 Å². The van der Waals surface area contributed by atoms with Crippen molar-refractivity contribution >= 4 is 5.91 Å². The van der Waals surface area contributed by atoms with Gasteiger partial charge in [0.25, 0.3) is 0 Å². The molecule has 20 heavy (non-hydrogen) atoms. The average Bonchev–Trinajstić information content (AvgIpc) is 2.46. The van der Waals surface area contributed by atoms with Gasteiger partial charge in [0.1, 0.15) is 0 Å². The zero-order chi connectivity index (χ0) is 14.8. The van der Waals surface area contributed by atoms with Crippen LogP contribution >= 0.6 is 0 Å². The number of carbonyl (C=O) groups excluding carboxylic acids is 1. The van der Waals surface area contributed by atoms with Gasteiger partial charge in [-0.05, 0) is 12.0 Å². The summed E-state index contributed by atoms with van der Waals surface area (Å²) in [6, 6.07) is 10.3. The van der Waals surface area contributed by atoms with Crippen molar-refractivity contribution in [1.82, 2.24) is 4.90 Å². The van der Waals surface area contributed by atoms with Gasteiger partial charge in [-0.15, -0.1) is 0 Å². The van der Waals surface area contributed by atoms with Crippen LogP contribution < -0.4 is 0 Å². The standard InChI is InChI=1S/C18H29NO/c1-4-5-6-7-11-14-19(18(20)16(2)3)15-17-12-9-8-10-13-17/h8-10,12-13,16H,4-7,11,14-15H2,1-3H3. The van der Waals surface area contributed by atoms with Crippen molar-refractivity contribution in [3.63, 3.8) is 0 Å². The molecule has 0 aliphatic heterocycles. The largest absolute Gasteiger partial charge is 0.338 e. The van der Waals surface area contributed by atoms with Crippen LogP contribution in [0.4, 0.5) is 0 Å². The number of benzene rings is 1. The molecule has 1 amide bonds. The molecule has 2 heteroatoms. The molecule has 0 bridgehead atoms. The van der Waals surface area contributed by atoms with Crippen LogP contribution in [0.2, 0.25) is 0 Å². The second kappa shape index (κ2) is 9.57. The second-order valence-electron chi connectivity index (χ2n) is 5.81. The predicted molar refractivity (Wildman–Crippen MR) is 85.5 cm³/mol. The fraction of sp³-hybridized carbons (Fsp3) is 0.611. The number of unbranched alkanes of at least 4 members (excludes halogenated alkanes) is 4. The molecule has 1 aromatic carbocycles. The highest BCUT2D eigenvalue weighted by Gasteiger charge is 2.16. The lowest BCUT2D eigenvalue weighted by atomic mass is 10.1. The molecule has 1 rings (SSSR count).